The van der Waals surface area contributed by atoms with Crippen LogP contribution in [0.5, 0.6) is 11.9 Å². The molecule has 3 saturated heterocycles. The summed E-state index contributed by atoms with van der Waals surface area (Å²) in [5.74, 6) is -1.86. The van der Waals surface area contributed by atoms with Gasteiger partial charge in [0.15, 0.2) is 5.82 Å². The number of nitriles is 1. The number of rotatable bonds is 7. The zero-order valence-corrected chi connectivity index (χ0v) is 25.9. The topological polar surface area (TPSA) is 122 Å². The van der Waals surface area contributed by atoms with Crippen molar-refractivity contribution in [2.75, 3.05) is 38.5 Å². The Morgan fingerprint density at radius 2 is 2.15 bits per heavy atom. The number of fused-ring (bicyclic) bond motifs is 3. The molecule has 0 spiro atoms. The highest BCUT2D eigenvalue weighted by molar-refractivity contribution is 7.23. The van der Waals surface area contributed by atoms with E-state index in [9.17, 15) is 18.8 Å². The number of likely N-dealkylation sites (tertiary alicyclic amines) is 1. The minimum atomic E-state index is -0.984. The van der Waals surface area contributed by atoms with Crippen molar-refractivity contribution in [1.82, 2.24) is 19.8 Å². The van der Waals surface area contributed by atoms with Crippen LogP contribution in [0.15, 0.2) is 30.9 Å². The molecule has 3 unspecified atom stereocenters. The Labute approximate surface area is 271 Å². The van der Waals surface area contributed by atoms with Crippen LogP contribution in [0.4, 0.5) is 23.9 Å². The number of hydrogen-bond acceptors (Lipinski definition) is 9. The number of nitrogens with two attached hydrogens (primary N) is 1. The van der Waals surface area contributed by atoms with Gasteiger partial charge in [-0.3, -0.25) is 9.69 Å². The van der Waals surface area contributed by atoms with Crippen molar-refractivity contribution >= 4 is 48.9 Å². The highest BCUT2D eigenvalue weighted by atomic mass is 32.1. The Balaban J connectivity index is 1.37. The van der Waals surface area contributed by atoms with Crippen LogP contribution in [-0.2, 0) is 4.79 Å². The lowest BCUT2D eigenvalue weighted by atomic mass is 9.94. The molecule has 10 nitrogen and oxygen atoms in total. The van der Waals surface area contributed by atoms with Gasteiger partial charge in [-0.25, -0.2) is 18.0 Å². The summed E-state index contributed by atoms with van der Waals surface area (Å²) in [6.45, 7) is 13.0. The van der Waals surface area contributed by atoms with Crippen LogP contribution in [0.3, 0.4) is 0 Å². The summed E-state index contributed by atoms with van der Waals surface area (Å²) in [7, 11) is 0. The molecule has 3 aliphatic rings. The molecule has 2 N–H and O–H groups in total. The first-order valence-electron chi connectivity index (χ1n) is 15.1. The number of alkyl halides is 1. The molecule has 1 amide bonds. The fourth-order valence-corrected chi connectivity index (χ4v) is 8.08. The highest BCUT2D eigenvalue weighted by Gasteiger charge is 2.49. The summed E-state index contributed by atoms with van der Waals surface area (Å²) in [5, 5.41) is 10.5. The molecule has 4 aromatic rings. The van der Waals surface area contributed by atoms with Gasteiger partial charge in [-0.05, 0) is 43.2 Å². The summed E-state index contributed by atoms with van der Waals surface area (Å²) in [6.07, 6.45) is 2.13. The van der Waals surface area contributed by atoms with Crippen LogP contribution >= 0.6 is 11.3 Å². The van der Waals surface area contributed by atoms with Crippen molar-refractivity contribution in [3.8, 4) is 29.1 Å². The average Bonchev–Trinajstić information content (AvgIpc) is 3.83. The number of halogens is 3. The molecule has 0 radical (unpaired) electrons. The van der Waals surface area contributed by atoms with Crippen molar-refractivity contribution in [2.45, 2.75) is 43.5 Å². The molecule has 0 aliphatic carbocycles. The van der Waals surface area contributed by atoms with E-state index in [1.54, 1.807) is 4.90 Å². The number of carbonyl (C=O) groups excluding carboxylic acids is 1. The van der Waals surface area contributed by atoms with Crippen LogP contribution in [0.1, 0.15) is 31.2 Å². The molecule has 2 aromatic heterocycles. The maximum absolute atomic E-state index is 16.9. The van der Waals surface area contributed by atoms with Gasteiger partial charge in [-0.2, -0.15) is 15.2 Å². The quantitative estimate of drug-likeness (QED) is 0.192. The Bertz CT molecular complexity index is 2060. The van der Waals surface area contributed by atoms with Gasteiger partial charge in [0.1, 0.15) is 30.2 Å². The maximum atomic E-state index is 16.9. The van der Waals surface area contributed by atoms with Crippen molar-refractivity contribution < 1.29 is 27.4 Å². The zero-order valence-electron chi connectivity index (χ0n) is 25.1. The van der Waals surface area contributed by atoms with Crippen LogP contribution < -0.4 is 15.2 Å². The van der Waals surface area contributed by atoms with E-state index in [0.717, 1.165) is 36.8 Å². The smallest absolute Gasteiger partial charge is 0.320 e. The second kappa shape index (κ2) is 11.7. The third-order valence-electron chi connectivity index (χ3n) is 9.31. The van der Waals surface area contributed by atoms with Gasteiger partial charge in [0, 0.05) is 36.9 Å². The monoisotopic (exact) mass is 659 g/mol. The number of aromatic nitrogens is 2. The summed E-state index contributed by atoms with van der Waals surface area (Å²) in [4.78, 5) is 28.2. The van der Waals surface area contributed by atoms with Crippen molar-refractivity contribution in [3.63, 3.8) is 0 Å². The number of nitrogens with zero attached hydrogens (tertiary/aromatic N) is 6. The maximum Gasteiger partial charge on any atom is 0.320 e. The number of ether oxygens (including phenoxy) is 2. The van der Waals surface area contributed by atoms with Gasteiger partial charge >= 0.3 is 6.01 Å². The Morgan fingerprint density at radius 3 is 2.91 bits per heavy atom. The molecule has 3 aliphatic heterocycles. The molecule has 5 heterocycles. The van der Waals surface area contributed by atoms with E-state index >= 15 is 4.39 Å². The first-order valence-corrected chi connectivity index (χ1v) is 15.9. The van der Waals surface area contributed by atoms with Gasteiger partial charge < -0.3 is 20.1 Å². The molecule has 47 heavy (non-hydrogen) atoms. The standard InChI is InChI=1S/C33H28F3N7O3S/c1-3-23(44)42-10-7-19(15-42)46-31-21-11-17(13-37)24(20-5-6-22(35)29-25(20)28(39-2)30(38)47-29)26(36)27(21)40-32(41-31)45-16-33-8-4-9-43(33)14-18(34)12-33/h3,5-6,11,18-19H,1,4,7-10,12,14-16,38H2. The number of benzene rings is 2. The van der Waals surface area contributed by atoms with E-state index in [-0.39, 0.29) is 79.3 Å². The number of anilines is 1. The van der Waals surface area contributed by atoms with Crippen molar-refractivity contribution in [2.24, 2.45) is 0 Å². The summed E-state index contributed by atoms with van der Waals surface area (Å²) in [5.41, 5.74) is 5.03. The van der Waals surface area contributed by atoms with Gasteiger partial charge in [0.2, 0.25) is 17.5 Å². The van der Waals surface area contributed by atoms with Crippen LogP contribution in [0.25, 0.3) is 37.0 Å². The Kier molecular flexibility index (Phi) is 7.65. The Hall–Kier alpha value is -4.92. The second-order valence-electron chi connectivity index (χ2n) is 12.0. The molecule has 7 rings (SSSR count). The zero-order chi connectivity index (χ0) is 33.0. The number of carbonyl (C=O) groups is 1. The van der Waals surface area contributed by atoms with Crippen molar-refractivity contribution in [3.05, 3.63) is 59.5 Å². The fourth-order valence-electron chi connectivity index (χ4n) is 7.14. The highest BCUT2D eigenvalue weighted by Crippen LogP contribution is 2.48. The fraction of sp³-hybridized carbons (Fsp3) is 0.364. The lowest BCUT2D eigenvalue weighted by Crippen LogP contribution is -2.43. The molecule has 0 saturated carbocycles. The number of nitrogen functional groups attached to an aromatic ring is 1. The number of thiophene rings is 1. The van der Waals surface area contributed by atoms with E-state index in [1.807, 2.05) is 6.07 Å². The van der Waals surface area contributed by atoms with E-state index < -0.39 is 29.4 Å². The summed E-state index contributed by atoms with van der Waals surface area (Å²) >= 11 is 0.867. The number of hydrogen-bond donors (Lipinski definition) is 1. The van der Waals surface area contributed by atoms with Crippen LogP contribution in [-0.4, -0.2) is 76.3 Å². The predicted molar refractivity (Wildman–Crippen MR) is 170 cm³/mol. The molecule has 14 heteroatoms. The van der Waals surface area contributed by atoms with E-state index in [2.05, 4.69) is 26.3 Å². The normalized spacial score (nSPS) is 22.4. The van der Waals surface area contributed by atoms with E-state index in [4.69, 9.17) is 21.8 Å². The lowest BCUT2D eigenvalue weighted by molar-refractivity contribution is -0.125. The third kappa shape index (κ3) is 5.08. The van der Waals surface area contributed by atoms with Gasteiger partial charge in [-0.1, -0.05) is 12.6 Å². The first-order chi connectivity index (χ1) is 22.7. The molecular weight excluding hydrogens is 631 g/mol. The van der Waals surface area contributed by atoms with Gasteiger partial charge in [0.25, 0.3) is 0 Å². The molecular formula is C33H28F3N7O3S. The lowest BCUT2D eigenvalue weighted by Gasteiger charge is -2.30. The average molecular weight is 660 g/mol. The minimum Gasteiger partial charge on any atom is -0.472 e. The predicted octanol–water partition coefficient (Wildman–Crippen LogP) is 5.92. The Morgan fingerprint density at radius 1 is 1.32 bits per heavy atom. The minimum absolute atomic E-state index is 0.0402. The molecule has 240 valence electrons. The third-order valence-corrected chi connectivity index (χ3v) is 10.3. The van der Waals surface area contributed by atoms with Crippen molar-refractivity contribution in [1.29, 1.82) is 5.26 Å². The molecule has 3 fully saturated rings. The summed E-state index contributed by atoms with van der Waals surface area (Å²) in [6, 6.07) is 5.65. The van der Waals surface area contributed by atoms with Crippen LogP contribution in [0.2, 0.25) is 0 Å². The molecule has 0 bridgehead atoms. The largest absolute Gasteiger partial charge is 0.472 e. The van der Waals surface area contributed by atoms with E-state index in [1.165, 1.54) is 18.2 Å². The molecule has 3 atom stereocenters. The van der Waals surface area contributed by atoms with Gasteiger partial charge in [-0.15, -0.1) is 11.3 Å². The van der Waals surface area contributed by atoms with Crippen LogP contribution in [0, 0.1) is 29.5 Å². The van der Waals surface area contributed by atoms with Gasteiger partial charge in [0.05, 0.1) is 45.4 Å². The first kappa shape index (κ1) is 30.7. The second-order valence-corrected chi connectivity index (χ2v) is 13.1. The van der Waals surface area contributed by atoms with E-state index in [0.29, 0.717) is 25.9 Å². The molecule has 2 aromatic carbocycles. The summed E-state index contributed by atoms with van der Waals surface area (Å²) < 4.78 is 58.6. The SMILES string of the molecule is [C-]#[N+]c1c(N)sc2c(F)ccc(-c3c(C#N)cc4c(OC5CCN(C(=O)C=C)C5)nc(OCC56CCCN5CC(F)C6)nc4c3F)c12. The number of amides is 1.